The Bertz CT molecular complexity index is 280. The number of halogens is 2. The van der Waals surface area contributed by atoms with Crippen molar-refractivity contribution in [3.63, 3.8) is 0 Å². The van der Waals surface area contributed by atoms with E-state index in [9.17, 15) is 13.6 Å². The van der Waals surface area contributed by atoms with Crippen molar-refractivity contribution in [1.82, 2.24) is 4.98 Å². The number of carbonyl (C=O) groups is 1. The molecule has 1 aromatic heterocycles. The van der Waals surface area contributed by atoms with Crippen LogP contribution in [0.2, 0.25) is 0 Å². The Morgan fingerprint density at radius 2 is 2.27 bits per heavy atom. The van der Waals surface area contributed by atoms with Gasteiger partial charge in [0.1, 0.15) is 5.75 Å². The number of rotatable bonds is 3. The van der Waals surface area contributed by atoms with Crippen molar-refractivity contribution in [3.8, 4) is 5.75 Å². The fourth-order valence-corrected chi connectivity index (χ4v) is 0.520. The molecule has 0 spiro atoms. The number of pyridine rings is 1. The Labute approximate surface area is 85.5 Å². The number of hydrogen-bond donors (Lipinski definition) is 1. The highest BCUT2D eigenvalue weighted by Gasteiger charge is 2.01. The first-order valence-corrected chi connectivity index (χ1v) is 4.13. The molecule has 0 unspecified atom stereocenters. The second-order valence-electron chi connectivity index (χ2n) is 2.31. The first kappa shape index (κ1) is 13.3. The third kappa shape index (κ3) is 8.61. The van der Waals surface area contributed by atoms with E-state index in [4.69, 9.17) is 5.11 Å². The summed E-state index contributed by atoms with van der Waals surface area (Å²) < 4.78 is 27.0. The topological polar surface area (TPSA) is 59.4 Å². The van der Waals surface area contributed by atoms with Crippen LogP contribution in [-0.2, 0) is 4.79 Å². The summed E-state index contributed by atoms with van der Waals surface area (Å²) >= 11 is 0. The van der Waals surface area contributed by atoms with Gasteiger partial charge in [0.2, 0.25) is 0 Å². The number of aromatic nitrogens is 1. The van der Waals surface area contributed by atoms with E-state index in [2.05, 4.69) is 9.72 Å². The van der Waals surface area contributed by atoms with Gasteiger partial charge < -0.3 is 9.84 Å². The van der Waals surface area contributed by atoms with E-state index in [-0.39, 0.29) is 12.2 Å². The maximum atomic E-state index is 11.5. The molecule has 0 aliphatic rings. The van der Waals surface area contributed by atoms with Gasteiger partial charge in [0.05, 0.1) is 6.20 Å². The average Bonchev–Trinajstić information content (AvgIpc) is 2.19. The molecule has 0 bridgehead atoms. The summed E-state index contributed by atoms with van der Waals surface area (Å²) in [6, 6.07) is 2.94. The predicted molar refractivity (Wildman–Crippen MR) is 48.8 cm³/mol. The second-order valence-corrected chi connectivity index (χ2v) is 2.31. The largest absolute Gasteiger partial charge is 0.481 e. The molecule has 0 saturated heterocycles. The van der Waals surface area contributed by atoms with Crippen LogP contribution in [0.5, 0.6) is 5.75 Å². The van der Waals surface area contributed by atoms with E-state index in [1.165, 1.54) is 24.5 Å². The molecule has 1 rings (SSSR count). The number of carboxylic acids is 1. The molecule has 0 saturated carbocycles. The summed E-state index contributed by atoms with van der Waals surface area (Å²) in [4.78, 5) is 12.9. The number of alkyl halides is 2. The molecule has 0 aliphatic heterocycles. The summed E-state index contributed by atoms with van der Waals surface area (Å²) in [5, 5.41) is 7.72. The van der Waals surface area contributed by atoms with Crippen LogP contribution < -0.4 is 4.74 Å². The van der Waals surface area contributed by atoms with E-state index < -0.39 is 12.6 Å². The molecule has 0 radical (unpaired) electrons. The lowest BCUT2D eigenvalue weighted by Gasteiger charge is -2.00. The highest BCUT2D eigenvalue weighted by molar-refractivity contribution is 5.66. The van der Waals surface area contributed by atoms with Crippen LogP contribution in [0.3, 0.4) is 0 Å². The van der Waals surface area contributed by atoms with Crippen LogP contribution in [0.1, 0.15) is 13.3 Å². The molecular weight excluding hydrogens is 208 g/mol. The summed E-state index contributed by atoms with van der Waals surface area (Å²) in [5.74, 6) is -0.664. The summed E-state index contributed by atoms with van der Waals surface area (Å²) in [6.45, 7) is -1.17. The van der Waals surface area contributed by atoms with Crippen molar-refractivity contribution in [1.29, 1.82) is 0 Å². The zero-order valence-corrected chi connectivity index (χ0v) is 8.06. The van der Waals surface area contributed by atoms with Gasteiger partial charge in [0, 0.05) is 12.6 Å². The molecule has 0 aliphatic carbocycles. The number of ether oxygens (including phenoxy) is 1. The number of hydrogen-bond acceptors (Lipinski definition) is 3. The molecule has 6 heteroatoms. The Morgan fingerprint density at radius 1 is 1.67 bits per heavy atom. The molecule has 1 N–H and O–H groups in total. The molecule has 0 atom stereocenters. The van der Waals surface area contributed by atoms with Gasteiger partial charge in [-0.05, 0) is 12.1 Å². The van der Waals surface area contributed by atoms with Crippen LogP contribution in [0.25, 0.3) is 0 Å². The van der Waals surface area contributed by atoms with Gasteiger partial charge in [-0.25, -0.2) is 0 Å². The molecule has 84 valence electrons. The molecule has 15 heavy (non-hydrogen) atoms. The zero-order valence-electron chi connectivity index (χ0n) is 8.06. The Kier molecular flexibility index (Phi) is 6.78. The van der Waals surface area contributed by atoms with E-state index in [1.54, 1.807) is 6.92 Å². The number of nitrogens with zero attached hydrogens (tertiary/aromatic N) is 1. The smallest absolute Gasteiger partial charge is 0.387 e. The van der Waals surface area contributed by atoms with Crippen molar-refractivity contribution < 1.29 is 23.4 Å². The fourth-order valence-electron chi connectivity index (χ4n) is 0.520. The number of carboxylic acid groups (broad SMARTS) is 1. The maximum absolute atomic E-state index is 11.5. The minimum Gasteiger partial charge on any atom is -0.481 e. The first-order valence-electron chi connectivity index (χ1n) is 4.13. The highest BCUT2D eigenvalue weighted by Crippen LogP contribution is 2.09. The Hall–Kier alpha value is -1.72. The normalized spacial score (nSPS) is 9.07. The van der Waals surface area contributed by atoms with Gasteiger partial charge in [0.25, 0.3) is 0 Å². The van der Waals surface area contributed by atoms with Gasteiger partial charge in [-0.1, -0.05) is 6.92 Å². The van der Waals surface area contributed by atoms with Crippen molar-refractivity contribution in [2.75, 3.05) is 0 Å². The quantitative estimate of drug-likeness (QED) is 0.846. The zero-order chi connectivity index (χ0) is 11.7. The average molecular weight is 219 g/mol. The molecule has 4 nitrogen and oxygen atoms in total. The summed E-state index contributed by atoms with van der Waals surface area (Å²) in [7, 11) is 0. The van der Waals surface area contributed by atoms with Gasteiger partial charge >= 0.3 is 12.6 Å². The van der Waals surface area contributed by atoms with Crippen LogP contribution in [-0.4, -0.2) is 22.7 Å². The lowest BCUT2D eigenvalue weighted by molar-refractivity contribution is -0.136. The van der Waals surface area contributed by atoms with Gasteiger partial charge in [-0.15, -0.1) is 0 Å². The first-order chi connectivity index (χ1) is 7.06. The van der Waals surface area contributed by atoms with Crippen LogP contribution in [0, 0.1) is 0 Å². The van der Waals surface area contributed by atoms with Gasteiger partial charge in [0.15, 0.2) is 0 Å². The molecular formula is C9H11F2NO3. The molecule has 0 aromatic carbocycles. The van der Waals surface area contributed by atoms with Crippen molar-refractivity contribution in [2.45, 2.75) is 20.0 Å². The highest BCUT2D eigenvalue weighted by atomic mass is 19.3. The van der Waals surface area contributed by atoms with E-state index >= 15 is 0 Å². The molecule has 1 heterocycles. The standard InChI is InChI=1S/C6H5F2NO.C3H6O2/c7-6(8)10-5-2-1-3-9-4-5;1-2-3(4)5/h1-4,6H;2H2,1H3,(H,4,5). The SMILES string of the molecule is CCC(=O)O.FC(F)Oc1cccnc1. The molecule has 0 amide bonds. The van der Waals surface area contributed by atoms with E-state index in [0.29, 0.717) is 0 Å². The third-order valence-corrected chi connectivity index (χ3v) is 1.16. The van der Waals surface area contributed by atoms with Gasteiger partial charge in [-0.3, -0.25) is 9.78 Å². The second kappa shape index (κ2) is 7.66. The Morgan fingerprint density at radius 3 is 2.60 bits per heavy atom. The molecule has 0 fully saturated rings. The van der Waals surface area contributed by atoms with Gasteiger partial charge in [-0.2, -0.15) is 8.78 Å². The van der Waals surface area contributed by atoms with Crippen LogP contribution in [0.15, 0.2) is 24.5 Å². The van der Waals surface area contributed by atoms with Crippen molar-refractivity contribution >= 4 is 5.97 Å². The maximum Gasteiger partial charge on any atom is 0.387 e. The summed E-state index contributed by atoms with van der Waals surface area (Å²) in [6.07, 6.45) is 2.94. The van der Waals surface area contributed by atoms with Crippen molar-refractivity contribution in [2.24, 2.45) is 0 Å². The fraction of sp³-hybridized carbons (Fsp3) is 0.333. The number of aliphatic carboxylic acids is 1. The van der Waals surface area contributed by atoms with Crippen molar-refractivity contribution in [3.05, 3.63) is 24.5 Å². The lowest BCUT2D eigenvalue weighted by Crippen LogP contribution is -2.01. The molecule has 1 aromatic rings. The predicted octanol–water partition coefficient (Wildman–Crippen LogP) is 2.16. The Balaban J connectivity index is 0.000000336. The van der Waals surface area contributed by atoms with Crippen LogP contribution >= 0.6 is 0 Å². The minimum atomic E-state index is -2.77. The summed E-state index contributed by atoms with van der Waals surface area (Å²) in [5.41, 5.74) is 0. The minimum absolute atomic E-state index is 0.0810. The van der Waals surface area contributed by atoms with E-state index in [1.807, 2.05) is 0 Å². The monoisotopic (exact) mass is 219 g/mol. The lowest BCUT2D eigenvalue weighted by atomic mass is 10.5. The van der Waals surface area contributed by atoms with Crippen LogP contribution in [0.4, 0.5) is 8.78 Å². The van der Waals surface area contributed by atoms with E-state index in [0.717, 1.165) is 0 Å². The third-order valence-electron chi connectivity index (χ3n) is 1.16.